The number of carbonyl (C=O) groups excluding carboxylic acids is 1. The van der Waals surface area contributed by atoms with Crippen LogP contribution in [0.2, 0.25) is 0 Å². The molecule has 1 aliphatic carbocycles. The number of fused-ring (bicyclic) bond motifs is 5. The molecule has 1 aromatic heterocycles. The second kappa shape index (κ2) is 9.17. The Morgan fingerprint density at radius 3 is 1.97 bits per heavy atom. The molecule has 0 N–H and O–H groups in total. The number of benzene rings is 3. The summed E-state index contributed by atoms with van der Waals surface area (Å²) in [7, 11) is 8.64. The topological polar surface area (TPSA) is 70.0 Å². The van der Waals surface area contributed by atoms with Gasteiger partial charge in [0.1, 0.15) is 0 Å². The second-order valence-electron chi connectivity index (χ2n) is 9.00. The Morgan fingerprint density at radius 2 is 1.39 bits per heavy atom. The zero-order chi connectivity index (χ0) is 25.6. The van der Waals surface area contributed by atoms with Crippen LogP contribution < -0.4 is 19.8 Å². The van der Waals surface area contributed by atoms with Crippen LogP contribution in [0, 0.1) is 0 Å². The zero-order valence-electron chi connectivity index (χ0n) is 21.0. The van der Waals surface area contributed by atoms with Gasteiger partial charge in [0.2, 0.25) is 5.75 Å². The summed E-state index contributed by atoms with van der Waals surface area (Å²) < 4.78 is 18.4. The first-order valence-corrected chi connectivity index (χ1v) is 11.7. The highest BCUT2D eigenvalue weighted by Crippen LogP contribution is 2.42. The monoisotopic (exact) mass is 484 g/mol. The number of ether oxygens (including phenoxy) is 3. The third-order valence-corrected chi connectivity index (χ3v) is 6.88. The number of nitrogens with zero attached hydrogens (tertiary/aromatic N) is 2. The number of likely N-dealkylation sites (N-methyl/N-ethyl adjacent to an activating group) is 1. The van der Waals surface area contributed by atoms with Crippen molar-refractivity contribution in [3.63, 3.8) is 0 Å². The Hall–Kier alpha value is -4.10. The Kier molecular flexibility index (Phi) is 6.02. The molecular formula is C29H28N2O5. The van der Waals surface area contributed by atoms with E-state index in [0.29, 0.717) is 51.4 Å². The number of aromatic nitrogens is 1. The maximum atomic E-state index is 13.9. The number of ketones is 1. The molecule has 36 heavy (non-hydrogen) atoms. The van der Waals surface area contributed by atoms with Gasteiger partial charge in [0.15, 0.2) is 17.3 Å². The average Bonchev–Trinajstić information content (AvgIpc) is 3.20. The lowest BCUT2D eigenvalue weighted by Crippen LogP contribution is -2.31. The fourth-order valence-corrected chi connectivity index (χ4v) is 5.14. The van der Waals surface area contributed by atoms with Crippen molar-refractivity contribution in [2.24, 2.45) is 0 Å². The molecule has 0 saturated carbocycles. The normalized spacial score (nSPS) is 13.0. The highest BCUT2D eigenvalue weighted by atomic mass is 16.5. The molecule has 184 valence electrons. The first kappa shape index (κ1) is 23.6. The van der Waals surface area contributed by atoms with Crippen molar-refractivity contribution in [2.75, 3.05) is 35.4 Å². The van der Waals surface area contributed by atoms with E-state index in [4.69, 9.17) is 14.2 Å². The third-order valence-electron chi connectivity index (χ3n) is 6.88. The van der Waals surface area contributed by atoms with Gasteiger partial charge in [0, 0.05) is 28.4 Å². The van der Waals surface area contributed by atoms with Gasteiger partial charge in [-0.2, -0.15) is 0 Å². The predicted octanol–water partition coefficient (Wildman–Crippen LogP) is 4.54. The molecule has 0 radical (unpaired) electrons. The van der Waals surface area contributed by atoms with E-state index in [1.165, 1.54) is 0 Å². The lowest BCUT2D eigenvalue weighted by molar-refractivity contribution is 0.104. The van der Waals surface area contributed by atoms with E-state index < -0.39 is 0 Å². The van der Waals surface area contributed by atoms with Crippen molar-refractivity contribution in [3.05, 3.63) is 87.7 Å². The fraction of sp³-hybridized carbons (Fsp3) is 0.241. The molecule has 0 aliphatic heterocycles. The molecule has 1 atom stereocenters. The van der Waals surface area contributed by atoms with Gasteiger partial charge in [0.05, 0.1) is 38.6 Å². The van der Waals surface area contributed by atoms with Crippen LogP contribution in [0.4, 0.5) is 0 Å². The van der Waals surface area contributed by atoms with Crippen molar-refractivity contribution in [1.29, 1.82) is 0 Å². The van der Waals surface area contributed by atoms with Crippen LogP contribution >= 0.6 is 0 Å². The lowest BCUT2D eigenvalue weighted by atomic mass is 10.0. The van der Waals surface area contributed by atoms with Crippen LogP contribution in [0.1, 0.15) is 27.5 Å². The summed E-state index contributed by atoms with van der Waals surface area (Å²) in [5.74, 6) is 1.52. The molecule has 4 aromatic rings. The Bertz CT molecular complexity index is 1530. The van der Waals surface area contributed by atoms with Crippen molar-refractivity contribution in [3.8, 4) is 28.5 Å². The largest absolute Gasteiger partial charge is 0.493 e. The van der Waals surface area contributed by atoms with Gasteiger partial charge < -0.3 is 23.7 Å². The standard InChI is InChI=1S/C29H28N2O5/c1-30(2)22(17-14-23(34-3)28(36-5)24(15-17)35-4)16-31-26-19-11-7-8-12-20(19)27(32)25(26)18-10-6-9-13-21(18)29(31)33/h6-15,22H,16H2,1-5H3/t22-/m1/s1. The Morgan fingerprint density at radius 1 is 0.806 bits per heavy atom. The number of hydrogen-bond acceptors (Lipinski definition) is 6. The molecule has 7 nitrogen and oxygen atoms in total. The lowest BCUT2D eigenvalue weighted by Gasteiger charge is -2.28. The molecule has 0 spiro atoms. The van der Waals surface area contributed by atoms with E-state index in [2.05, 4.69) is 0 Å². The minimum Gasteiger partial charge on any atom is -0.493 e. The maximum absolute atomic E-state index is 13.9. The van der Waals surface area contributed by atoms with Gasteiger partial charge in [-0.15, -0.1) is 0 Å². The molecular weight excluding hydrogens is 456 g/mol. The fourth-order valence-electron chi connectivity index (χ4n) is 5.14. The van der Waals surface area contributed by atoms with Crippen LogP contribution in [0.25, 0.3) is 22.0 Å². The van der Waals surface area contributed by atoms with Crippen LogP contribution in [0.3, 0.4) is 0 Å². The van der Waals surface area contributed by atoms with Gasteiger partial charge >= 0.3 is 0 Å². The Balaban J connectivity index is 1.76. The summed E-state index contributed by atoms with van der Waals surface area (Å²) in [5.41, 5.74) is 3.40. The summed E-state index contributed by atoms with van der Waals surface area (Å²) >= 11 is 0. The smallest absolute Gasteiger partial charge is 0.259 e. The number of carbonyl (C=O) groups is 1. The van der Waals surface area contributed by atoms with E-state index in [1.54, 1.807) is 32.0 Å². The number of rotatable bonds is 7. The molecule has 3 aromatic carbocycles. The van der Waals surface area contributed by atoms with E-state index >= 15 is 0 Å². The van der Waals surface area contributed by atoms with E-state index in [-0.39, 0.29) is 17.4 Å². The molecule has 1 aliphatic rings. The number of pyridine rings is 1. The van der Waals surface area contributed by atoms with Crippen LogP contribution in [-0.2, 0) is 6.54 Å². The molecule has 5 rings (SSSR count). The van der Waals surface area contributed by atoms with Crippen molar-refractivity contribution in [2.45, 2.75) is 12.6 Å². The van der Waals surface area contributed by atoms with Crippen LogP contribution in [-0.4, -0.2) is 50.7 Å². The summed E-state index contributed by atoms with van der Waals surface area (Å²) in [6.45, 7) is 0.319. The first-order valence-electron chi connectivity index (χ1n) is 11.7. The zero-order valence-corrected chi connectivity index (χ0v) is 21.0. The minimum atomic E-state index is -0.232. The summed E-state index contributed by atoms with van der Waals surface area (Å²) in [6, 6.07) is 18.4. The molecule has 0 fully saturated rings. The van der Waals surface area contributed by atoms with E-state index in [1.807, 2.05) is 73.6 Å². The predicted molar refractivity (Wildman–Crippen MR) is 140 cm³/mol. The summed E-state index contributed by atoms with van der Waals surface area (Å²) in [4.78, 5) is 29.5. The first-order chi connectivity index (χ1) is 17.4. The van der Waals surface area contributed by atoms with Gasteiger partial charge in [-0.3, -0.25) is 9.59 Å². The quantitative estimate of drug-likeness (QED) is 0.338. The van der Waals surface area contributed by atoms with Gasteiger partial charge in [-0.25, -0.2) is 0 Å². The molecule has 0 saturated heterocycles. The third kappa shape index (κ3) is 3.55. The number of hydrogen-bond donors (Lipinski definition) is 0. The van der Waals surface area contributed by atoms with E-state index in [9.17, 15) is 9.59 Å². The van der Waals surface area contributed by atoms with Gasteiger partial charge in [-0.05, 0) is 37.9 Å². The molecule has 1 heterocycles. The van der Waals surface area contributed by atoms with E-state index in [0.717, 1.165) is 11.1 Å². The summed E-state index contributed by atoms with van der Waals surface area (Å²) in [5, 5.41) is 1.21. The van der Waals surface area contributed by atoms with Crippen LogP contribution in [0.5, 0.6) is 17.2 Å². The molecule has 0 amide bonds. The van der Waals surface area contributed by atoms with Crippen molar-refractivity contribution >= 4 is 16.6 Å². The van der Waals surface area contributed by atoms with Gasteiger partial charge in [0.25, 0.3) is 5.56 Å². The molecule has 0 bridgehead atoms. The van der Waals surface area contributed by atoms with Crippen molar-refractivity contribution < 1.29 is 19.0 Å². The molecule has 7 heteroatoms. The second-order valence-corrected chi connectivity index (χ2v) is 9.00. The maximum Gasteiger partial charge on any atom is 0.259 e. The molecule has 0 unspecified atom stereocenters. The van der Waals surface area contributed by atoms with Crippen LogP contribution in [0.15, 0.2) is 65.5 Å². The average molecular weight is 485 g/mol. The summed E-state index contributed by atoms with van der Waals surface area (Å²) in [6.07, 6.45) is 0. The Labute approximate surface area is 209 Å². The van der Waals surface area contributed by atoms with Gasteiger partial charge in [-0.1, -0.05) is 42.5 Å². The van der Waals surface area contributed by atoms with Crippen molar-refractivity contribution in [1.82, 2.24) is 9.47 Å². The highest BCUT2D eigenvalue weighted by molar-refractivity contribution is 6.26. The number of methoxy groups -OCH3 is 3. The minimum absolute atomic E-state index is 0.0558. The SMILES string of the molecule is COc1cc([C@@H](Cn2c3c(c4ccccc4c2=O)C(=O)c2ccccc2-3)N(C)C)cc(OC)c1OC. The highest BCUT2D eigenvalue weighted by Gasteiger charge is 2.33.